The van der Waals surface area contributed by atoms with Crippen LogP contribution in [0.3, 0.4) is 0 Å². The smallest absolute Gasteiger partial charge is 0.250 e. The number of rotatable bonds is 7. The van der Waals surface area contributed by atoms with Crippen molar-refractivity contribution in [2.75, 3.05) is 48.9 Å². The van der Waals surface area contributed by atoms with Crippen LogP contribution in [0.4, 0.5) is 37.6 Å². The SMILES string of the molecule is COc1cc(N2CCOCC2)ccc1Nc1nc(Nc2cc(F)c(F)cc2C(N)=O)c2cc[nH]c2n1. The number of methoxy groups -OCH3 is 1. The molecule has 2 aromatic heterocycles. The van der Waals surface area contributed by atoms with Crippen LogP contribution in [0.25, 0.3) is 11.0 Å². The maximum Gasteiger partial charge on any atom is 0.250 e. The van der Waals surface area contributed by atoms with Crippen LogP contribution < -0.4 is 26.0 Å². The van der Waals surface area contributed by atoms with Crippen molar-refractivity contribution in [1.82, 2.24) is 15.0 Å². The predicted octanol–water partition coefficient (Wildman–Crippen LogP) is 3.67. The molecule has 0 spiro atoms. The van der Waals surface area contributed by atoms with E-state index in [4.69, 9.17) is 15.2 Å². The van der Waals surface area contributed by atoms with Crippen molar-refractivity contribution in [2.45, 2.75) is 0 Å². The predicted molar refractivity (Wildman–Crippen MR) is 131 cm³/mol. The zero-order valence-electron chi connectivity index (χ0n) is 19.3. The van der Waals surface area contributed by atoms with Crippen molar-refractivity contribution < 1.29 is 23.0 Å². The number of nitrogens with two attached hydrogens (primary N) is 1. The van der Waals surface area contributed by atoms with Crippen LogP contribution in [0, 0.1) is 11.6 Å². The molecule has 0 atom stereocenters. The summed E-state index contributed by atoms with van der Waals surface area (Å²) in [5.74, 6) is -2.20. The number of hydrogen-bond donors (Lipinski definition) is 4. The largest absolute Gasteiger partial charge is 0.494 e. The lowest BCUT2D eigenvalue weighted by atomic mass is 10.1. The molecule has 0 saturated carbocycles. The fraction of sp³-hybridized carbons (Fsp3) is 0.208. The summed E-state index contributed by atoms with van der Waals surface area (Å²) in [5, 5.41) is 6.60. The number of aromatic amines is 1. The highest BCUT2D eigenvalue weighted by Gasteiger charge is 2.18. The number of nitrogens with one attached hydrogen (secondary N) is 3. The van der Waals surface area contributed by atoms with Crippen molar-refractivity contribution >= 4 is 45.8 Å². The molecule has 4 aromatic rings. The fourth-order valence-electron chi connectivity index (χ4n) is 4.00. The summed E-state index contributed by atoms with van der Waals surface area (Å²) in [5.41, 5.74) is 7.22. The highest BCUT2D eigenvalue weighted by Crippen LogP contribution is 2.33. The van der Waals surface area contributed by atoms with Crippen LogP contribution in [-0.4, -0.2) is 54.3 Å². The first kappa shape index (κ1) is 23.3. The number of benzene rings is 2. The third kappa shape index (κ3) is 4.58. The molecule has 36 heavy (non-hydrogen) atoms. The quantitative estimate of drug-likeness (QED) is 0.306. The standard InChI is InChI=1S/C24H23F2N7O3/c1-35-20-10-13(33-6-8-36-9-7-33)2-3-18(20)30-24-31-22-14(4-5-28-22)23(32-24)29-19-12-17(26)16(25)11-15(19)21(27)34/h2-5,10-12H,6-9H2,1H3,(H2,27,34)(H3,28,29,30,31,32). The van der Waals surface area contributed by atoms with Gasteiger partial charge in [0.2, 0.25) is 5.95 Å². The Morgan fingerprint density at radius 2 is 1.86 bits per heavy atom. The normalized spacial score (nSPS) is 13.6. The third-order valence-corrected chi connectivity index (χ3v) is 5.80. The lowest BCUT2D eigenvalue weighted by Crippen LogP contribution is -2.36. The molecule has 1 aliphatic heterocycles. The Balaban J connectivity index is 1.49. The number of carbonyl (C=O) groups is 1. The summed E-state index contributed by atoms with van der Waals surface area (Å²) in [6.07, 6.45) is 1.66. The monoisotopic (exact) mass is 495 g/mol. The zero-order valence-corrected chi connectivity index (χ0v) is 19.3. The first-order chi connectivity index (χ1) is 17.4. The van der Waals surface area contributed by atoms with Gasteiger partial charge >= 0.3 is 0 Å². The molecule has 1 saturated heterocycles. The molecule has 5 rings (SSSR count). The van der Waals surface area contributed by atoms with Gasteiger partial charge in [0.25, 0.3) is 5.91 Å². The summed E-state index contributed by atoms with van der Waals surface area (Å²) in [4.78, 5) is 26.0. The Labute approximate surface area is 204 Å². The molecule has 2 aromatic carbocycles. The van der Waals surface area contributed by atoms with Crippen LogP contribution in [0.2, 0.25) is 0 Å². The van der Waals surface area contributed by atoms with Gasteiger partial charge < -0.3 is 35.7 Å². The van der Waals surface area contributed by atoms with Gasteiger partial charge in [0.05, 0.1) is 42.6 Å². The number of nitrogens with zero attached hydrogens (tertiary/aromatic N) is 3. The van der Waals surface area contributed by atoms with Gasteiger partial charge in [-0.15, -0.1) is 0 Å². The molecule has 5 N–H and O–H groups in total. The fourth-order valence-corrected chi connectivity index (χ4v) is 4.00. The number of amides is 1. The minimum atomic E-state index is -1.18. The summed E-state index contributed by atoms with van der Waals surface area (Å²) in [6.45, 7) is 2.90. The number of hydrogen-bond acceptors (Lipinski definition) is 8. The molecule has 12 heteroatoms. The minimum absolute atomic E-state index is 0.0269. The first-order valence-corrected chi connectivity index (χ1v) is 11.1. The highest BCUT2D eigenvalue weighted by molar-refractivity contribution is 6.00. The van der Waals surface area contributed by atoms with E-state index in [2.05, 4.69) is 30.5 Å². The van der Waals surface area contributed by atoms with E-state index in [0.717, 1.165) is 30.9 Å². The van der Waals surface area contributed by atoms with Gasteiger partial charge in [0.15, 0.2) is 11.6 Å². The van der Waals surface area contributed by atoms with E-state index in [1.54, 1.807) is 19.4 Å². The summed E-state index contributed by atoms with van der Waals surface area (Å²) >= 11 is 0. The van der Waals surface area contributed by atoms with Crippen LogP contribution in [0.15, 0.2) is 42.6 Å². The van der Waals surface area contributed by atoms with Crippen molar-refractivity contribution in [3.8, 4) is 5.75 Å². The van der Waals surface area contributed by atoms with E-state index in [1.807, 2.05) is 18.2 Å². The van der Waals surface area contributed by atoms with Crippen molar-refractivity contribution in [1.29, 1.82) is 0 Å². The number of fused-ring (bicyclic) bond motifs is 1. The molecule has 1 aliphatic rings. The number of halogens is 2. The number of carbonyl (C=O) groups excluding carboxylic acids is 1. The molecule has 3 heterocycles. The minimum Gasteiger partial charge on any atom is -0.494 e. The first-order valence-electron chi connectivity index (χ1n) is 11.1. The Hall–Kier alpha value is -4.45. The van der Waals surface area contributed by atoms with E-state index < -0.39 is 17.5 Å². The average Bonchev–Trinajstić information content (AvgIpc) is 3.36. The molecule has 0 radical (unpaired) electrons. The van der Waals surface area contributed by atoms with Crippen molar-refractivity contribution in [3.63, 3.8) is 0 Å². The molecular weight excluding hydrogens is 472 g/mol. The van der Waals surface area contributed by atoms with E-state index in [9.17, 15) is 13.6 Å². The Morgan fingerprint density at radius 3 is 2.61 bits per heavy atom. The molecule has 0 bridgehead atoms. The topological polar surface area (TPSA) is 130 Å². The van der Waals surface area contributed by atoms with Crippen molar-refractivity contribution in [3.05, 3.63) is 59.8 Å². The van der Waals surface area contributed by atoms with Gasteiger partial charge in [-0.1, -0.05) is 0 Å². The molecule has 0 unspecified atom stereocenters. The number of primary amides is 1. The molecule has 1 fully saturated rings. The van der Waals surface area contributed by atoms with Gasteiger partial charge in [0, 0.05) is 37.1 Å². The van der Waals surface area contributed by atoms with Gasteiger partial charge in [-0.2, -0.15) is 9.97 Å². The number of ether oxygens (including phenoxy) is 2. The van der Waals surface area contributed by atoms with Gasteiger partial charge in [-0.25, -0.2) is 8.78 Å². The van der Waals surface area contributed by atoms with E-state index in [0.29, 0.717) is 35.7 Å². The highest BCUT2D eigenvalue weighted by atomic mass is 19.2. The van der Waals surface area contributed by atoms with E-state index in [-0.39, 0.29) is 23.0 Å². The number of aromatic nitrogens is 3. The van der Waals surface area contributed by atoms with Gasteiger partial charge in [-0.05, 0) is 24.3 Å². The number of morpholine rings is 1. The summed E-state index contributed by atoms with van der Waals surface area (Å²) in [7, 11) is 1.57. The van der Waals surface area contributed by atoms with E-state index >= 15 is 0 Å². The molecule has 10 nitrogen and oxygen atoms in total. The number of H-pyrrole nitrogens is 1. The summed E-state index contributed by atoms with van der Waals surface area (Å²) < 4.78 is 38.7. The van der Waals surface area contributed by atoms with Crippen LogP contribution in [0.1, 0.15) is 10.4 Å². The second kappa shape index (κ2) is 9.66. The zero-order chi connectivity index (χ0) is 25.2. The number of anilines is 5. The average molecular weight is 495 g/mol. The Kier molecular flexibility index (Phi) is 6.25. The molecule has 1 amide bonds. The Bertz CT molecular complexity index is 1440. The molecule has 0 aliphatic carbocycles. The van der Waals surface area contributed by atoms with Crippen LogP contribution in [0.5, 0.6) is 5.75 Å². The second-order valence-corrected chi connectivity index (χ2v) is 8.05. The lowest BCUT2D eigenvalue weighted by Gasteiger charge is -2.29. The van der Waals surface area contributed by atoms with E-state index in [1.165, 1.54) is 0 Å². The van der Waals surface area contributed by atoms with Crippen LogP contribution >= 0.6 is 0 Å². The van der Waals surface area contributed by atoms with Gasteiger partial charge in [0.1, 0.15) is 17.2 Å². The maximum absolute atomic E-state index is 14.0. The third-order valence-electron chi connectivity index (χ3n) is 5.80. The van der Waals surface area contributed by atoms with Gasteiger partial charge in [-0.3, -0.25) is 4.79 Å². The molecular formula is C24H23F2N7O3. The Morgan fingerprint density at radius 1 is 1.08 bits per heavy atom. The second-order valence-electron chi connectivity index (χ2n) is 8.05. The van der Waals surface area contributed by atoms with Crippen molar-refractivity contribution in [2.24, 2.45) is 5.73 Å². The summed E-state index contributed by atoms with van der Waals surface area (Å²) in [6, 6.07) is 9.05. The molecule has 186 valence electrons. The van der Waals surface area contributed by atoms with Crippen LogP contribution in [-0.2, 0) is 4.74 Å². The lowest BCUT2D eigenvalue weighted by molar-refractivity contribution is 0.100. The maximum atomic E-state index is 14.0.